The third-order valence-electron chi connectivity index (χ3n) is 4.51. The first-order chi connectivity index (χ1) is 10.6. The first-order valence-electron chi connectivity index (χ1n) is 7.46. The van der Waals surface area contributed by atoms with E-state index < -0.39 is 5.97 Å². The van der Waals surface area contributed by atoms with Crippen molar-refractivity contribution in [3.8, 4) is 0 Å². The summed E-state index contributed by atoms with van der Waals surface area (Å²) in [5.41, 5.74) is 5.25. The highest BCUT2D eigenvalue weighted by Gasteiger charge is 2.39. The maximum absolute atomic E-state index is 11.7. The highest BCUT2D eigenvalue weighted by atomic mass is 32.1. The average Bonchev–Trinajstić information content (AvgIpc) is 3.07. The van der Waals surface area contributed by atoms with Gasteiger partial charge in [0.2, 0.25) is 0 Å². The molecule has 0 amide bonds. The lowest BCUT2D eigenvalue weighted by molar-refractivity contribution is -0.141. The standard InChI is InChI=1S/C17H20N2O2S/c1-11-5-3-4-6-13(11)14-7-19(8-15(14)17(20)21)9-16-12(2)18-10-22-16/h3-6,10,14-15H,7-9H2,1-2H3,(H,20,21)/t14-,15+/m0/s1. The number of rotatable bonds is 4. The quantitative estimate of drug-likeness (QED) is 0.942. The summed E-state index contributed by atoms with van der Waals surface area (Å²) >= 11 is 1.65. The van der Waals surface area contributed by atoms with Crippen LogP contribution < -0.4 is 0 Å². The highest BCUT2D eigenvalue weighted by molar-refractivity contribution is 7.09. The largest absolute Gasteiger partial charge is 0.481 e. The monoisotopic (exact) mass is 316 g/mol. The van der Waals surface area contributed by atoms with Gasteiger partial charge in [0.15, 0.2) is 0 Å². The van der Waals surface area contributed by atoms with Crippen LogP contribution in [0.4, 0.5) is 0 Å². The van der Waals surface area contributed by atoms with E-state index in [1.807, 2.05) is 24.6 Å². The van der Waals surface area contributed by atoms with Crippen molar-refractivity contribution < 1.29 is 9.90 Å². The van der Waals surface area contributed by atoms with Crippen LogP contribution in [0.1, 0.15) is 27.6 Å². The summed E-state index contributed by atoms with van der Waals surface area (Å²) < 4.78 is 0. The number of benzene rings is 1. The Bertz CT molecular complexity index is 683. The fraction of sp³-hybridized carbons (Fsp3) is 0.412. The topological polar surface area (TPSA) is 53.4 Å². The second-order valence-electron chi connectivity index (χ2n) is 5.96. The zero-order valence-electron chi connectivity index (χ0n) is 12.8. The van der Waals surface area contributed by atoms with E-state index in [1.165, 1.54) is 16.0 Å². The lowest BCUT2D eigenvalue weighted by Gasteiger charge is -2.17. The van der Waals surface area contributed by atoms with Crippen LogP contribution >= 0.6 is 11.3 Å². The van der Waals surface area contributed by atoms with E-state index >= 15 is 0 Å². The normalized spacial score (nSPS) is 22.1. The molecule has 1 saturated heterocycles. The van der Waals surface area contributed by atoms with Gasteiger partial charge in [-0.1, -0.05) is 24.3 Å². The van der Waals surface area contributed by atoms with Crippen molar-refractivity contribution in [3.05, 3.63) is 51.5 Å². The Morgan fingerprint density at radius 1 is 1.36 bits per heavy atom. The van der Waals surface area contributed by atoms with Crippen molar-refractivity contribution in [2.45, 2.75) is 26.3 Å². The Kier molecular flexibility index (Phi) is 4.27. The predicted molar refractivity (Wildman–Crippen MR) is 87.2 cm³/mol. The molecule has 4 nitrogen and oxygen atoms in total. The Labute approximate surface area is 134 Å². The van der Waals surface area contributed by atoms with E-state index in [0.717, 1.165) is 18.8 Å². The van der Waals surface area contributed by atoms with Crippen LogP contribution in [0.25, 0.3) is 0 Å². The molecule has 1 fully saturated rings. The zero-order valence-corrected chi connectivity index (χ0v) is 13.6. The van der Waals surface area contributed by atoms with E-state index in [0.29, 0.717) is 6.54 Å². The number of carbonyl (C=O) groups is 1. The van der Waals surface area contributed by atoms with E-state index in [1.54, 1.807) is 11.3 Å². The Hall–Kier alpha value is -1.72. The third kappa shape index (κ3) is 2.91. The Morgan fingerprint density at radius 2 is 2.14 bits per heavy atom. The third-order valence-corrected chi connectivity index (χ3v) is 5.43. The van der Waals surface area contributed by atoms with Gasteiger partial charge in [0.1, 0.15) is 0 Å². The summed E-state index contributed by atoms with van der Waals surface area (Å²) in [6.07, 6.45) is 0. The van der Waals surface area contributed by atoms with Crippen LogP contribution in [-0.4, -0.2) is 34.0 Å². The van der Waals surface area contributed by atoms with Crippen LogP contribution in [0.15, 0.2) is 29.8 Å². The minimum absolute atomic E-state index is 0.0620. The first-order valence-corrected chi connectivity index (χ1v) is 8.34. The van der Waals surface area contributed by atoms with Gasteiger partial charge < -0.3 is 5.11 Å². The molecule has 5 heteroatoms. The van der Waals surface area contributed by atoms with Gasteiger partial charge in [-0.2, -0.15) is 0 Å². The van der Waals surface area contributed by atoms with E-state index in [9.17, 15) is 9.90 Å². The molecule has 1 N–H and O–H groups in total. The summed E-state index contributed by atoms with van der Waals surface area (Å²) in [5, 5.41) is 9.60. The van der Waals surface area contributed by atoms with Crippen LogP contribution in [0.5, 0.6) is 0 Å². The van der Waals surface area contributed by atoms with Gasteiger partial charge in [-0.05, 0) is 25.0 Å². The molecule has 116 valence electrons. The fourth-order valence-electron chi connectivity index (χ4n) is 3.26. The second-order valence-corrected chi connectivity index (χ2v) is 6.90. The Morgan fingerprint density at radius 3 is 2.77 bits per heavy atom. The molecular weight excluding hydrogens is 296 g/mol. The minimum atomic E-state index is -0.697. The lowest BCUT2D eigenvalue weighted by atomic mass is 9.86. The lowest BCUT2D eigenvalue weighted by Crippen LogP contribution is -2.23. The van der Waals surface area contributed by atoms with Gasteiger partial charge >= 0.3 is 5.97 Å². The molecule has 0 aliphatic carbocycles. The number of carboxylic acids is 1. The summed E-state index contributed by atoms with van der Waals surface area (Å²) in [5.74, 6) is -0.974. The number of aryl methyl sites for hydroxylation is 2. The molecule has 0 unspecified atom stereocenters. The molecular formula is C17H20N2O2S. The van der Waals surface area contributed by atoms with Crippen LogP contribution in [0.3, 0.4) is 0 Å². The summed E-state index contributed by atoms with van der Waals surface area (Å²) in [6, 6.07) is 8.13. The van der Waals surface area contributed by atoms with Gasteiger partial charge in [-0.15, -0.1) is 11.3 Å². The predicted octanol–water partition coefficient (Wildman–Crippen LogP) is 3.06. The minimum Gasteiger partial charge on any atom is -0.481 e. The zero-order chi connectivity index (χ0) is 15.7. The molecule has 1 aromatic heterocycles. The van der Waals surface area contributed by atoms with Gasteiger partial charge in [0.25, 0.3) is 0 Å². The van der Waals surface area contributed by atoms with Crippen LogP contribution in [-0.2, 0) is 11.3 Å². The van der Waals surface area contributed by atoms with Crippen molar-refractivity contribution in [3.63, 3.8) is 0 Å². The number of carboxylic acid groups (broad SMARTS) is 1. The van der Waals surface area contributed by atoms with E-state index in [-0.39, 0.29) is 11.8 Å². The maximum Gasteiger partial charge on any atom is 0.308 e. The van der Waals surface area contributed by atoms with Gasteiger partial charge in [0, 0.05) is 30.4 Å². The molecule has 0 spiro atoms. The van der Waals surface area contributed by atoms with Gasteiger partial charge in [-0.3, -0.25) is 9.69 Å². The molecule has 1 aliphatic heterocycles. The number of nitrogens with zero attached hydrogens (tertiary/aromatic N) is 2. The number of aromatic nitrogens is 1. The van der Waals surface area contributed by atoms with Crippen molar-refractivity contribution >= 4 is 17.3 Å². The molecule has 3 rings (SSSR count). The molecule has 2 heterocycles. The smallest absolute Gasteiger partial charge is 0.308 e. The Balaban J connectivity index is 1.83. The molecule has 22 heavy (non-hydrogen) atoms. The number of likely N-dealkylation sites (tertiary alicyclic amines) is 1. The van der Waals surface area contributed by atoms with Crippen LogP contribution in [0, 0.1) is 19.8 Å². The highest BCUT2D eigenvalue weighted by Crippen LogP contribution is 2.35. The van der Waals surface area contributed by atoms with Crippen LogP contribution in [0.2, 0.25) is 0 Å². The van der Waals surface area contributed by atoms with E-state index in [2.05, 4.69) is 28.9 Å². The summed E-state index contributed by atoms with van der Waals surface area (Å²) in [7, 11) is 0. The van der Waals surface area contributed by atoms with Crippen molar-refractivity contribution in [2.75, 3.05) is 13.1 Å². The number of thiazole rings is 1. The molecule has 0 radical (unpaired) electrons. The molecule has 1 aromatic carbocycles. The molecule has 2 atom stereocenters. The van der Waals surface area contributed by atoms with E-state index in [4.69, 9.17) is 0 Å². The van der Waals surface area contributed by atoms with Crippen molar-refractivity contribution in [2.24, 2.45) is 5.92 Å². The number of hydrogen-bond acceptors (Lipinski definition) is 4. The average molecular weight is 316 g/mol. The fourth-order valence-corrected chi connectivity index (χ4v) is 4.08. The first kappa shape index (κ1) is 15.2. The van der Waals surface area contributed by atoms with Crippen molar-refractivity contribution in [1.82, 2.24) is 9.88 Å². The number of hydrogen-bond donors (Lipinski definition) is 1. The second kappa shape index (κ2) is 6.18. The number of aliphatic carboxylic acids is 1. The van der Waals surface area contributed by atoms with Crippen molar-refractivity contribution in [1.29, 1.82) is 0 Å². The maximum atomic E-state index is 11.7. The molecule has 1 aliphatic rings. The molecule has 2 aromatic rings. The van der Waals surface area contributed by atoms with Gasteiger partial charge in [0.05, 0.1) is 17.1 Å². The summed E-state index contributed by atoms with van der Waals surface area (Å²) in [6.45, 7) is 6.26. The SMILES string of the molecule is Cc1ccccc1[C@@H]1CN(Cc2scnc2C)C[C@H]1C(=O)O. The molecule has 0 saturated carbocycles. The molecule has 0 bridgehead atoms. The summed E-state index contributed by atoms with van der Waals surface area (Å²) in [4.78, 5) is 19.4. The van der Waals surface area contributed by atoms with Gasteiger partial charge in [-0.25, -0.2) is 4.98 Å².